The molecule has 1 aromatic carbocycles. The van der Waals surface area contributed by atoms with Gasteiger partial charge in [0.1, 0.15) is 0 Å². The Morgan fingerprint density at radius 2 is 2.24 bits per heavy atom. The van der Waals surface area contributed by atoms with E-state index in [4.69, 9.17) is 10.6 Å². The Morgan fingerprint density at radius 1 is 1.47 bits per heavy atom. The van der Waals surface area contributed by atoms with E-state index in [1.165, 1.54) is 0 Å². The summed E-state index contributed by atoms with van der Waals surface area (Å²) < 4.78 is 5.08. The highest BCUT2D eigenvalue weighted by atomic mass is 16.5. The molecule has 0 bridgehead atoms. The summed E-state index contributed by atoms with van der Waals surface area (Å²) in [5.41, 5.74) is 4.56. The van der Waals surface area contributed by atoms with Gasteiger partial charge in [0.25, 0.3) is 0 Å². The number of aliphatic imine (C=N–C) groups is 1. The Labute approximate surface area is 102 Å². The number of ether oxygens (including phenoxy) is 1. The fourth-order valence-corrected chi connectivity index (χ4v) is 1.41. The number of hydrogen-bond acceptors (Lipinski definition) is 3. The van der Waals surface area contributed by atoms with Gasteiger partial charge in [0.2, 0.25) is 5.96 Å². The van der Waals surface area contributed by atoms with Gasteiger partial charge >= 0.3 is 0 Å². The van der Waals surface area contributed by atoms with Gasteiger partial charge in [0.05, 0.1) is 6.61 Å². The van der Waals surface area contributed by atoms with Crippen LogP contribution in [0.2, 0.25) is 0 Å². The second kappa shape index (κ2) is 6.88. The van der Waals surface area contributed by atoms with E-state index < -0.39 is 0 Å². The summed E-state index contributed by atoms with van der Waals surface area (Å²) in [4.78, 5) is 4.30. The SMILES string of the molecule is COCc1cccc(NC(=NC(C)C)NN)c1. The summed E-state index contributed by atoms with van der Waals surface area (Å²) in [6.45, 7) is 4.56. The molecule has 0 fully saturated rings. The third-order valence-electron chi connectivity index (χ3n) is 2.02. The van der Waals surface area contributed by atoms with Crippen molar-refractivity contribution < 1.29 is 4.74 Å². The molecule has 0 amide bonds. The van der Waals surface area contributed by atoms with E-state index in [1.807, 2.05) is 38.1 Å². The van der Waals surface area contributed by atoms with Crippen molar-refractivity contribution in [3.8, 4) is 0 Å². The van der Waals surface area contributed by atoms with E-state index in [-0.39, 0.29) is 6.04 Å². The predicted molar refractivity (Wildman–Crippen MR) is 70.7 cm³/mol. The summed E-state index contributed by atoms with van der Waals surface area (Å²) in [7, 11) is 1.67. The Hall–Kier alpha value is -1.59. The Kier molecular flexibility index (Phi) is 5.45. The lowest BCUT2D eigenvalue weighted by Crippen LogP contribution is -2.37. The summed E-state index contributed by atoms with van der Waals surface area (Å²) >= 11 is 0. The highest BCUT2D eigenvalue weighted by Crippen LogP contribution is 2.11. The van der Waals surface area contributed by atoms with Gasteiger partial charge in [-0.05, 0) is 31.5 Å². The number of benzene rings is 1. The summed E-state index contributed by atoms with van der Waals surface area (Å²) in [6.07, 6.45) is 0. The van der Waals surface area contributed by atoms with Gasteiger partial charge in [-0.2, -0.15) is 0 Å². The zero-order valence-electron chi connectivity index (χ0n) is 10.5. The topological polar surface area (TPSA) is 71.7 Å². The van der Waals surface area contributed by atoms with Gasteiger partial charge in [-0.3, -0.25) is 5.43 Å². The molecule has 0 atom stereocenters. The Balaban J connectivity index is 2.75. The van der Waals surface area contributed by atoms with Crippen molar-refractivity contribution in [2.75, 3.05) is 12.4 Å². The minimum absolute atomic E-state index is 0.177. The van der Waals surface area contributed by atoms with E-state index in [2.05, 4.69) is 15.7 Å². The number of hydrazine groups is 1. The average Bonchev–Trinajstić information content (AvgIpc) is 2.28. The van der Waals surface area contributed by atoms with Crippen LogP contribution in [0, 0.1) is 0 Å². The van der Waals surface area contributed by atoms with Crippen LogP contribution in [0.15, 0.2) is 29.3 Å². The average molecular weight is 236 g/mol. The number of nitrogens with one attached hydrogen (secondary N) is 2. The van der Waals surface area contributed by atoms with Gasteiger partial charge in [-0.1, -0.05) is 12.1 Å². The Morgan fingerprint density at radius 3 is 2.82 bits per heavy atom. The van der Waals surface area contributed by atoms with Crippen molar-refractivity contribution in [1.29, 1.82) is 0 Å². The first kappa shape index (κ1) is 13.5. The molecule has 17 heavy (non-hydrogen) atoms. The van der Waals surface area contributed by atoms with Crippen molar-refractivity contribution in [1.82, 2.24) is 5.43 Å². The van der Waals surface area contributed by atoms with E-state index in [9.17, 15) is 0 Å². The monoisotopic (exact) mass is 236 g/mol. The second-order valence-corrected chi connectivity index (χ2v) is 3.97. The number of guanidine groups is 1. The van der Waals surface area contributed by atoms with Crippen molar-refractivity contribution in [3.63, 3.8) is 0 Å². The normalized spacial score (nSPS) is 11.7. The van der Waals surface area contributed by atoms with Gasteiger partial charge in [0.15, 0.2) is 0 Å². The third-order valence-corrected chi connectivity index (χ3v) is 2.02. The maximum absolute atomic E-state index is 5.40. The molecule has 0 heterocycles. The standard InChI is InChI=1S/C12H20N4O/c1-9(2)14-12(16-13)15-11-6-4-5-10(7-11)8-17-3/h4-7,9H,8,13H2,1-3H3,(H2,14,15,16). The highest BCUT2D eigenvalue weighted by Gasteiger charge is 2.00. The molecule has 0 aliphatic rings. The number of rotatable bonds is 4. The van der Waals surface area contributed by atoms with Gasteiger partial charge in [-0.25, -0.2) is 10.8 Å². The first-order valence-electron chi connectivity index (χ1n) is 5.55. The lowest BCUT2D eigenvalue weighted by Gasteiger charge is -2.11. The van der Waals surface area contributed by atoms with Crippen LogP contribution in [-0.2, 0) is 11.3 Å². The quantitative estimate of drug-likeness (QED) is 0.320. The molecule has 5 heteroatoms. The summed E-state index contributed by atoms with van der Waals surface area (Å²) in [5.74, 6) is 5.95. The van der Waals surface area contributed by atoms with Crippen LogP contribution in [0.3, 0.4) is 0 Å². The molecular weight excluding hydrogens is 216 g/mol. The maximum Gasteiger partial charge on any atom is 0.210 e. The first-order valence-corrected chi connectivity index (χ1v) is 5.55. The number of nitrogens with two attached hydrogens (primary N) is 1. The number of nitrogens with zero attached hydrogens (tertiary/aromatic N) is 1. The fourth-order valence-electron chi connectivity index (χ4n) is 1.41. The fraction of sp³-hybridized carbons (Fsp3) is 0.417. The van der Waals surface area contributed by atoms with E-state index in [0.29, 0.717) is 12.6 Å². The Bertz CT molecular complexity index is 377. The molecule has 0 unspecified atom stereocenters. The summed E-state index contributed by atoms with van der Waals surface area (Å²) in [6, 6.07) is 8.09. The minimum atomic E-state index is 0.177. The maximum atomic E-state index is 5.40. The molecule has 0 spiro atoms. The third kappa shape index (κ3) is 4.84. The van der Waals surface area contributed by atoms with Gasteiger partial charge in [0, 0.05) is 18.8 Å². The second-order valence-electron chi connectivity index (χ2n) is 3.97. The van der Waals surface area contributed by atoms with Crippen molar-refractivity contribution in [3.05, 3.63) is 29.8 Å². The van der Waals surface area contributed by atoms with Gasteiger partial charge in [-0.15, -0.1) is 0 Å². The number of anilines is 1. The van der Waals surface area contributed by atoms with Crippen molar-refractivity contribution in [2.45, 2.75) is 26.5 Å². The zero-order valence-corrected chi connectivity index (χ0v) is 10.5. The highest BCUT2D eigenvalue weighted by molar-refractivity contribution is 5.93. The predicted octanol–water partition coefficient (Wildman–Crippen LogP) is 1.47. The van der Waals surface area contributed by atoms with Crippen molar-refractivity contribution >= 4 is 11.6 Å². The molecule has 0 aliphatic heterocycles. The van der Waals surface area contributed by atoms with Crippen LogP contribution in [-0.4, -0.2) is 19.1 Å². The molecule has 0 aliphatic carbocycles. The molecular formula is C12H20N4O. The molecule has 4 N–H and O–H groups in total. The van der Waals surface area contributed by atoms with Crippen LogP contribution >= 0.6 is 0 Å². The van der Waals surface area contributed by atoms with Crippen LogP contribution in [0.25, 0.3) is 0 Å². The van der Waals surface area contributed by atoms with Crippen molar-refractivity contribution in [2.24, 2.45) is 10.8 Å². The lowest BCUT2D eigenvalue weighted by atomic mass is 10.2. The molecule has 1 aromatic rings. The van der Waals surface area contributed by atoms with E-state index >= 15 is 0 Å². The molecule has 94 valence electrons. The van der Waals surface area contributed by atoms with Crippen LogP contribution < -0.4 is 16.6 Å². The molecule has 0 saturated carbocycles. The van der Waals surface area contributed by atoms with Crippen LogP contribution in [0.4, 0.5) is 5.69 Å². The first-order chi connectivity index (χ1) is 8.15. The summed E-state index contributed by atoms with van der Waals surface area (Å²) in [5, 5.41) is 3.12. The molecule has 1 rings (SSSR count). The smallest absolute Gasteiger partial charge is 0.210 e. The molecule has 5 nitrogen and oxygen atoms in total. The van der Waals surface area contributed by atoms with E-state index in [0.717, 1.165) is 11.3 Å². The van der Waals surface area contributed by atoms with E-state index in [1.54, 1.807) is 7.11 Å². The minimum Gasteiger partial charge on any atom is -0.380 e. The van der Waals surface area contributed by atoms with Crippen LogP contribution in [0.1, 0.15) is 19.4 Å². The van der Waals surface area contributed by atoms with Gasteiger partial charge < -0.3 is 10.1 Å². The lowest BCUT2D eigenvalue weighted by molar-refractivity contribution is 0.185. The number of methoxy groups -OCH3 is 1. The zero-order chi connectivity index (χ0) is 12.7. The van der Waals surface area contributed by atoms with Crippen LogP contribution in [0.5, 0.6) is 0 Å². The molecule has 0 aromatic heterocycles. The number of hydrogen-bond donors (Lipinski definition) is 3. The molecule has 0 saturated heterocycles. The molecule has 0 radical (unpaired) electrons. The largest absolute Gasteiger partial charge is 0.380 e.